The van der Waals surface area contributed by atoms with Crippen LogP contribution < -0.4 is 0 Å². The molecule has 1 atom stereocenters. The highest BCUT2D eigenvalue weighted by Crippen LogP contribution is 2.12. The van der Waals surface area contributed by atoms with Crippen molar-refractivity contribution in [2.75, 3.05) is 33.0 Å². The van der Waals surface area contributed by atoms with Crippen LogP contribution in [0.2, 0.25) is 0 Å². The van der Waals surface area contributed by atoms with Gasteiger partial charge in [-0.2, -0.15) is 0 Å². The topological polar surface area (TPSA) is 61.8 Å². The lowest BCUT2D eigenvalue weighted by Gasteiger charge is -2.07. The Hall–Kier alpha value is -0.940. The third kappa shape index (κ3) is 5.23. The molecule has 0 amide bonds. The molecule has 0 saturated carbocycles. The monoisotopic (exact) mass is 230 g/mol. The van der Waals surface area contributed by atoms with Gasteiger partial charge in [-0.1, -0.05) is 0 Å². The van der Waals surface area contributed by atoms with Crippen LogP contribution in [0.3, 0.4) is 0 Å². The van der Waals surface area contributed by atoms with Gasteiger partial charge in [0.05, 0.1) is 19.8 Å². The van der Waals surface area contributed by atoms with E-state index in [1.54, 1.807) is 6.92 Å². The zero-order valence-corrected chi connectivity index (χ0v) is 9.57. The van der Waals surface area contributed by atoms with Crippen LogP contribution in [0, 0.1) is 5.92 Å². The summed E-state index contributed by atoms with van der Waals surface area (Å²) in [5.41, 5.74) is 0. The molecule has 0 bridgehead atoms. The van der Waals surface area contributed by atoms with Crippen molar-refractivity contribution >= 4 is 11.8 Å². The Balaban J connectivity index is 2.03. The van der Waals surface area contributed by atoms with Gasteiger partial charge < -0.3 is 14.2 Å². The molecule has 0 aliphatic carbocycles. The normalized spacial score (nSPS) is 19.7. The Kier molecular flexibility index (Phi) is 6.03. The van der Waals surface area contributed by atoms with Crippen LogP contribution in [0.1, 0.15) is 19.8 Å². The molecule has 0 aromatic heterocycles. The van der Waals surface area contributed by atoms with Crippen LogP contribution in [-0.2, 0) is 23.8 Å². The number of ether oxygens (including phenoxy) is 3. The average molecular weight is 230 g/mol. The van der Waals surface area contributed by atoms with Gasteiger partial charge in [0, 0.05) is 12.5 Å². The van der Waals surface area contributed by atoms with E-state index in [9.17, 15) is 9.59 Å². The number of esters is 1. The number of ketones is 1. The number of Topliss-reactive ketones (excluding diaryl/α,β-unsaturated/α-hetero) is 1. The quantitative estimate of drug-likeness (QED) is 0.472. The third-order valence-corrected chi connectivity index (χ3v) is 2.29. The first-order valence-corrected chi connectivity index (χ1v) is 5.55. The Morgan fingerprint density at radius 2 is 2.25 bits per heavy atom. The second kappa shape index (κ2) is 7.35. The van der Waals surface area contributed by atoms with Crippen molar-refractivity contribution in [3.8, 4) is 0 Å². The molecule has 1 aliphatic rings. The SMILES string of the molecule is CCOC(=O)CC(=O)COCC1CCOC1. The van der Waals surface area contributed by atoms with Gasteiger partial charge >= 0.3 is 5.97 Å². The first-order chi connectivity index (χ1) is 7.72. The third-order valence-electron chi connectivity index (χ3n) is 2.29. The van der Waals surface area contributed by atoms with Crippen molar-refractivity contribution < 1.29 is 23.8 Å². The molecular formula is C11H18O5. The second-order valence-electron chi connectivity index (χ2n) is 3.77. The summed E-state index contributed by atoms with van der Waals surface area (Å²) in [5, 5.41) is 0. The summed E-state index contributed by atoms with van der Waals surface area (Å²) in [5.74, 6) is -0.340. The fraction of sp³-hybridized carbons (Fsp3) is 0.818. The van der Waals surface area contributed by atoms with Crippen LogP contribution in [-0.4, -0.2) is 44.8 Å². The zero-order valence-electron chi connectivity index (χ0n) is 9.57. The average Bonchev–Trinajstić information content (AvgIpc) is 2.70. The number of rotatable bonds is 7. The van der Waals surface area contributed by atoms with E-state index in [4.69, 9.17) is 9.47 Å². The molecule has 0 spiro atoms. The van der Waals surface area contributed by atoms with Gasteiger partial charge in [0.15, 0.2) is 5.78 Å². The van der Waals surface area contributed by atoms with Gasteiger partial charge in [-0.25, -0.2) is 0 Å². The van der Waals surface area contributed by atoms with E-state index in [0.717, 1.165) is 13.0 Å². The van der Waals surface area contributed by atoms with Gasteiger partial charge in [-0.05, 0) is 13.3 Å². The fourth-order valence-electron chi connectivity index (χ4n) is 1.48. The summed E-state index contributed by atoms with van der Waals surface area (Å²) in [6.45, 7) is 3.98. The van der Waals surface area contributed by atoms with E-state index in [-0.39, 0.29) is 18.8 Å². The predicted octanol–water partition coefficient (Wildman–Crippen LogP) is 0.562. The Morgan fingerprint density at radius 3 is 2.88 bits per heavy atom. The van der Waals surface area contributed by atoms with Gasteiger partial charge in [-0.15, -0.1) is 0 Å². The van der Waals surface area contributed by atoms with Crippen molar-refractivity contribution in [1.29, 1.82) is 0 Å². The summed E-state index contributed by atoms with van der Waals surface area (Å²) >= 11 is 0. The van der Waals surface area contributed by atoms with E-state index in [0.29, 0.717) is 25.7 Å². The number of carbonyl (C=O) groups excluding carboxylic acids is 2. The number of carbonyl (C=O) groups is 2. The molecule has 0 radical (unpaired) electrons. The van der Waals surface area contributed by atoms with E-state index < -0.39 is 5.97 Å². The van der Waals surface area contributed by atoms with Gasteiger partial charge in [0.2, 0.25) is 0 Å². The molecule has 1 aliphatic heterocycles. The minimum Gasteiger partial charge on any atom is -0.466 e. The lowest BCUT2D eigenvalue weighted by atomic mass is 10.1. The number of hydrogen-bond acceptors (Lipinski definition) is 5. The zero-order chi connectivity index (χ0) is 11.8. The maximum absolute atomic E-state index is 11.2. The maximum atomic E-state index is 11.2. The Morgan fingerprint density at radius 1 is 1.44 bits per heavy atom. The largest absolute Gasteiger partial charge is 0.466 e. The molecule has 1 rings (SSSR count). The fourth-order valence-corrected chi connectivity index (χ4v) is 1.48. The Bertz CT molecular complexity index is 233. The van der Waals surface area contributed by atoms with Crippen LogP contribution in [0.5, 0.6) is 0 Å². The first kappa shape index (κ1) is 13.1. The van der Waals surface area contributed by atoms with Crippen molar-refractivity contribution in [2.45, 2.75) is 19.8 Å². The molecule has 1 heterocycles. The molecule has 92 valence electrons. The summed E-state index contributed by atoms with van der Waals surface area (Å²) < 4.78 is 15.1. The molecule has 1 unspecified atom stereocenters. The molecule has 0 aromatic rings. The molecule has 0 aromatic carbocycles. The molecular weight excluding hydrogens is 212 g/mol. The number of hydrogen-bond donors (Lipinski definition) is 0. The van der Waals surface area contributed by atoms with Gasteiger partial charge in [0.1, 0.15) is 13.0 Å². The highest BCUT2D eigenvalue weighted by Gasteiger charge is 2.16. The highest BCUT2D eigenvalue weighted by atomic mass is 16.5. The Labute approximate surface area is 95.0 Å². The minimum atomic E-state index is -0.486. The molecule has 5 nitrogen and oxygen atoms in total. The first-order valence-electron chi connectivity index (χ1n) is 5.55. The summed E-state index contributed by atoms with van der Waals surface area (Å²) in [4.78, 5) is 22.2. The lowest BCUT2D eigenvalue weighted by Crippen LogP contribution is -2.18. The van der Waals surface area contributed by atoms with Crippen LogP contribution in [0.25, 0.3) is 0 Å². The molecule has 16 heavy (non-hydrogen) atoms. The van der Waals surface area contributed by atoms with Crippen LogP contribution in [0.4, 0.5) is 0 Å². The van der Waals surface area contributed by atoms with Crippen molar-refractivity contribution in [1.82, 2.24) is 0 Å². The summed E-state index contributed by atoms with van der Waals surface area (Å²) in [6, 6.07) is 0. The van der Waals surface area contributed by atoms with Crippen molar-refractivity contribution in [2.24, 2.45) is 5.92 Å². The molecule has 0 N–H and O–H groups in total. The van der Waals surface area contributed by atoms with Gasteiger partial charge in [0.25, 0.3) is 0 Å². The van der Waals surface area contributed by atoms with E-state index in [2.05, 4.69) is 4.74 Å². The smallest absolute Gasteiger partial charge is 0.313 e. The summed E-state index contributed by atoms with van der Waals surface area (Å²) in [6.07, 6.45) is 0.779. The summed E-state index contributed by atoms with van der Waals surface area (Å²) in [7, 11) is 0. The van der Waals surface area contributed by atoms with E-state index in [1.165, 1.54) is 0 Å². The van der Waals surface area contributed by atoms with Crippen molar-refractivity contribution in [3.63, 3.8) is 0 Å². The molecule has 5 heteroatoms. The van der Waals surface area contributed by atoms with Gasteiger partial charge in [-0.3, -0.25) is 9.59 Å². The molecule has 1 fully saturated rings. The van der Waals surface area contributed by atoms with E-state index in [1.807, 2.05) is 0 Å². The lowest BCUT2D eigenvalue weighted by molar-refractivity contribution is -0.146. The maximum Gasteiger partial charge on any atom is 0.313 e. The van der Waals surface area contributed by atoms with Crippen molar-refractivity contribution in [3.05, 3.63) is 0 Å². The van der Waals surface area contributed by atoms with E-state index >= 15 is 0 Å². The minimum absolute atomic E-state index is 0.0185. The highest BCUT2D eigenvalue weighted by molar-refractivity contribution is 5.96. The molecule has 1 saturated heterocycles. The predicted molar refractivity (Wildman–Crippen MR) is 56.0 cm³/mol. The standard InChI is InChI=1S/C11H18O5/c1-2-16-11(13)5-10(12)8-15-7-9-3-4-14-6-9/h9H,2-8H2,1H3. The van der Waals surface area contributed by atoms with Crippen LogP contribution in [0.15, 0.2) is 0 Å². The van der Waals surface area contributed by atoms with Crippen LogP contribution >= 0.6 is 0 Å². The second-order valence-corrected chi connectivity index (χ2v) is 3.77.